The molecule has 0 spiro atoms. The van der Waals surface area contributed by atoms with Gasteiger partial charge in [-0.15, -0.1) is 6.42 Å². The third-order valence-electron chi connectivity index (χ3n) is 3.99. The van der Waals surface area contributed by atoms with Gasteiger partial charge in [0, 0.05) is 5.56 Å². The van der Waals surface area contributed by atoms with Crippen LogP contribution in [0.15, 0.2) is 24.3 Å². The lowest BCUT2D eigenvalue weighted by Crippen LogP contribution is -2.27. The molecule has 1 aromatic heterocycles. The van der Waals surface area contributed by atoms with E-state index < -0.39 is 0 Å². The summed E-state index contributed by atoms with van der Waals surface area (Å²) in [4.78, 5) is 18.7. The third-order valence-corrected chi connectivity index (χ3v) is 3.99. The SMILES string of the molecule is C#Cc1cc(C)c(N(C(=O)C#CC)c2ccc3c(n2)OCCO3)cc1C. The number of rotatable bonds is 2. The van der Waals surface area contributed by atoms with E-state index in [1.807, 2.05) is 26.0 Å². The van der Waals surface area contributed by atoms with Gasteiger partial charge < -0.3 is 9.47 Å². The van der Waals surface area contributed by atoms with E-state index in [1.165, 1.54) is 4.90 Å². The average Bonchev–Trinajstić information content (AvgIpc) is 2.64. The minimum atomic E-state index is -0.382. The van der Waals surface area contributed by atoms with Crippen molar-refractivity contribution in [3.63, 3.8) is 0 Å². The molecule has 130 valence electrons. The summed E-state index contributed by atoms with van der Waals surface area (Å²) in [6.07, 6.45) is 5.54. The van der Waals surface area contributed by atoms with E-state index in [4.69, 9.17) is 15.9 Å². The minimum Gasteiger partial charge on any atom is -0.484 e. The number of fused-ring (bicyclic) bond motifs is 1. The van der Waals surface area contributed by atoms with E-state index in [1.54, 1.807) is 19.1 Å². The summed E-state index contributed by atoms with van der Waals surface area (Å²) in [6, 6.07) is 7.21. The number of nitrogens with zero attached hydrogens (tertiary/aromatic N) is 2. The topological polar surface area (TPSA) is 51.7 Å². The van der Waals surface area contributed by atoms with Crippen LogP contribution >= 0.6 is 0 Å². The molecule has 5 nitrogen and oxygen atoms in total. The van der Waals surface area contributed by atoms with Crippen LogP contribution in [-0.2, 0) is 4.79 Å². The number of terminal acetylenes is 1. The Balaban J connectivity index is 2.15. The van der Waals surface area contributed by atoms with Gasteiger partial charge >= 0.3 is 5.91 Å². The first kappa shape index (κ1) is 17.4. The molecule has 0 saturated heterocycles. The van der Waals surface area contributed by atoms with E-state index in [-0.39, 0.29) is 5.91 Å². The van der Waals surface area contributed by atoms with Crippen molar-refractivity contribution in [1.82, 2.24) is 4.98 Å². The maximum absolute atomic E-state index is 12.7. The molecule has 0 unspecified atom stereocenters. The van der Waals surface area contributed by atoms with E-state index >= 15 is 0 Å². The fraction of sp³-hybridized carbons (Fsp3) is 0.238. The zero-order valence-electron chi connectivity index (χ0n) is 14.9. The van der Waals surface area contributed by atoms with Crippen molar-refractivity contribution >= 4 is 17.4 Å². The summed E-state index contributed by atoms with van der Waals surface area (Å²) in [5.41, 5.74) is 3.22. The number of aromatic nitrogens is 1. The van der Waals surface area contributed by atoms with Crippen molar-refractivity contribution in [2.45, 2.75) is 20.8 Å². The second-order valence-electron chi connectivity index (χ2n) is 5.78. The molecule has 0 radical (unpaired) electrons. The van der Waals surface area contributed by atoms with Gasteiger partial charge in [-0.3, -0.25) is 9.69 Å². The second kappa shape index (κ2) is 7.21. The Bertz CT molecular complexity index is 977. The highest BCUT2D eigenvalue weighted by molar-refractivity contribution is 6.10. The number of amides is 1. The van der Waals surface area contributed by atoms with Crippen molar-refractivity contribution in [3.8, 4) is 35.8 Å². The van der Waals surface area contributed by atoms with Crippen LogP contribution in [0.1, 0.15) is 23.6 Å². The molecule has 1 amide bonds. The second-order valence-corrected chi connectivity index (χ2v) is 5.78. The standard InChI is InChI=1S/C21H18N2O3/c1-5-7-20(24)23(17-13-14(3)16(6-2)12-15(17)4)19-9-8-18-21(22-19)26-11-10-25-18/h2,8-9,12-13H,10-11H2,1,3-4H3. The number of anilines is 2. The van der Waals surface area contributed by atoms with Crippen molar-refractivity contribution in [3.05, 3.63) is 41.0 Å². The maximum atomic E-state index is 12.7. The Labute approximate surface area is 152 Å². The summed E-state index contributed by atoms with van der Waals surface area (Å²) >= 11 is 0. The van der Waals surface area contributed by atoms with Crippen LogP contribution in [0.4, 0.5) is 11.5 Å². The predicted molar refractivity (Wildman–Crippen MR) is 99.7 cm³/mol. The Kier molecular flexibility index (Phi) is 4.82. The van der Waals surface area contributed by atoms with Crippen LogP contribution in [0.3, 0.4) is 0 Å². The third kappa shape index (κ3) is 3.20. The molecule has 2 aromatic rings. The molecule has 0 saturated carbocycles. The molecule has 1 aliphatic rings. The van der Waals surface area contributed by atoms with Crippen LogP contribution in [0, 0.1) is 38.0 Å². The van der Waals surface area contributed by atoms with Crippen molar-refractivity contribution in [1.29, 1.82) is 0 Å². The number of pyridine rings is 1. The molecular formula is C21H18N2O3. The molecule has 26 heavy (non-hydrogen) atoms. The van der Waals surface area contributed by atoms with Crippen LogP contribution in [0.25, 0.3) is 0 Å². The van der Waals surface area contributed by atoms with Crippen molar-refractivity contribution in [2.75, 3.05) is 18.1 Å². The molecule has 1 aliphatic heterocycles. The molecular weight excluding hydrogens is 328 g/mol. The van der Waals surface area contributed by atoms with Crippen molar-refractivity contribution in [2.24, 2.45) is 0 Å². The number of ether oxygens (including phenoxy) is 2. The highest BCUT2D eigenvalue weighted by Crippen LogP contribution is 2.35. The average molecular weight is 346 g/mol. The molecule has 0 atom stereocenters. The van der Waals surface area contributed by atoms with Gasteiger partial charge in [0.25, 0.3) is 5.88 Å². The van der Waals surface area contributed by atoms with Gasteiger partial charge in [0.15, 0.2) is 5.75 Å². The van der Waals surface area contributed by atoms with Crippen LogP contribution in [-0.4, -0.2) is 24.1 Å². The number of hydrogen-bond donors (Lipinski definition) is 0. The Hall–Kier alpha value is -3.44. The Morgan fingerprint density at radius 2 is 1.96 bits per heavy atom. The monoisotopic (exact) mass is 346 g/mol. The number of hydrogen-bond acceptors (Lipinski definition) is 4. The summed E-state index contributed by atoms with van der Waals surface area (Å²) in [5.74, 6) is 8.84. The molecule has 5 heteroatoms. The molecule has 0 bridgehead atoms. The van der Waals surface area contributed by atoms with Gasteiger partial charge in [0.2, 0.25) is 0 Å². The summed E-state index contributed by atoms with van der Waals surface area (Å²) in [7, 11) is 0. The first-order chi connectivity index (χ1) is 12.5. The predicted octanol–water partition coefficient (Wildman–Crippen LogP) is 3.14. The highest BCUT2D eigenvalue weighted by atomic mass is 16.6. The maximum Gasteiger partial charge on any atom is 0.308 e. The van der Waals surface area contributed by atoms with Gasteiger partial charge in [0.1, 0.15) is 19.0 Å². The molecule has 2 heterocycles. The summed E-state index contributed by atoms with van der Waals surface area (Å²) in [5, 5.41) is 0. The summed E-state index contributed by atoms with van der Waals surface area (Å²) in [6.45, 7) is 6.31. The smallest absolute Gasteiger partial charge is 0.308 e. The molecule has 0 N–H and O–H groups in total. The Morgan fingerprint density at radius 1 is 1.19 bits per heavy atom. The van der Waals surface area contributed by atoms with Crippen molar-refractivity contribution < 1.29 is 14.3 Å². The van der Waals surface area contributed by atoms with Gasteiger partial charge in [-0.1, -0.05) is 11.8 Å². The number of benzene rings is 1. The zero-order chi connectivity index (χ0) is 18.7. The number of carbonyl (C=O) groups excluding carboxylic acids is 1. The quantitative estimate of drug-likeness (QED) is 0.784. The number of aryl methyl sites for hydroxylation is 2. The first-order valence-corrected chi connectivity index (χ1v) is 8.16. The molecule has 0 fully saturated rings. The largest absolute Gasteiger partial charge is 0.484 e. The molecule has 3 rings (SSSR count). The molecule has 1 aromatic carbocycles. The van der Waals surface area contributed by atoms with Gasteiger partial charge in [-0.05, 0) is 62.1 Å². The zero-order valence-corrected chi connectivity index (χ0v) is 14.9. The van der Waals surface area contributed by atoms with Gasteiger partial charge in [0.05, 0.1) is 5.69 Å². The van der Waals surface area contributed by atoms with E-state index in [9.17, 15) is 4.79 Å². The first-order valence-electron chi connectivity index (χ1n) is 8.16. The normalized spacial score (nSPS) is 11.8. The lowest BCUT2D eigenvalue weighted by atomic mass is 10.0. The van der Waals surface area contributed by atoms with Crippen LogP contribution in [0.2, 0.25) is 0 Å². The lowest BCUT2D eigenvalue weighted by molar-refractivity contribution is -0.112. The highest BCUT2D eigenvalue weighted by Gasteiger charge is 2.23. The number of carbonyl (C=O) groups is 1. The molecule has 0 aliphatic carbocycles. The lowest BCUT2D eigenvalue weighted by Gasteiger charge is -2.24. The Morgan fingerprint density at radius 3 is 2.69 bits per heavy atom. The van der Waals surface area contributed by atoms with Crippen LogP contribution in [0.5, 0.6) is 11.6 Å². The summed E-state index contributed by atoms with van der Waals surface area (Å²) < 4.78 is 11.0. The minimum absolute atomic E-state index is 0.366. The fourth-order valence-electron chi connectivity index (χ4n) is 2.74. The van der Waals surface area contributed by atoms with Gasteiger partial charge in [-0.2, -0.15) is 4.98 Å². The van der Waals surface area contributed by atoms with Gasteiger partial charge in [-0.25, -0.2) is 0 Å². The van der Waals surface area contributed by atoms with E-state index in [2.05, 4.69) is 22.7 Å². The van der Waals surface area contributed by atoms with E-state index in [0.717, 1.165) is 16.7 Å². The van der Waals surface area contributed by atoms with Crippen LogP contribution < -0.4 is 14.4 Å². The fourth-order valence-corrected chi connectivity index (χ4v) is 2.74. The van der Waals surface area contributed by atoms with E-state index in [0.29, 0.717) is 36.3 Å².